The van der Waals surface area contributed by atoms with Gasteiger partial charge < -0.3 is 9.53 Å². The van der Waals surface area contributed by atoms with Gasteiger partial charge in [0.15, 0.2) is 0 Å². The number of methoxy groups -OCH3 is 1. The highest BCUT2D eigenvalue weighted by molar-refractivity contribution is 9.10. The highest BCUT2D eigenvalue weighted by Crippen LogP contribution is 2.18. The second-order valence-electron chi connectivity index (χ2n) is 3.37. The van der Waals surface area contributed by atoms with E-state index in [1.54, 1.807) is 0 Å². The van der Waals surface area contributed by atoms with Crippen LogP contribution in [0.2, 0.25) is 0 Å². The molecule has 0 saturated heterocycles. The molecule has 0 aromatic heterocycles. The Labute approximate surface area is 103 Å². The van der Waals surface area contributed by atoms with Crippen molar-refractivity contribution in [3.05, 3.63) is 33.8 Å². The van der Waals surface area contributed by atoms with Gasteiger partial charge in [-0.3, -0.25) is 4.79 Å². The number of rotatable bonds is 5. The standard InChI is InChI=1S/C12H13BrO3/c1-16-12(15)8-10-7-11(13)5-4-9(10)3-2-6-14/h4-7H,2-3,8H2,1H3. The Morgan fingerprint density at radius 2 is 2.19 bits per heavy atom. The monoisotopic (exact) mass is 284 g/mol. The van der Waals surface area contributed by atoms with Crippen LogP contribution in [0.1, 0.15) is 17.5 Å². The topological polar surface area (TPSA) is 43.4 Å². The van der Waals surface area contributed by atoms with E-state index in [9.17, 15) is 9.59 Å². The Balaban J connectivity index is 2.88. The normalized spacial score (nSPS) is 9.88. The van der Waals surface area contributed by atoms with Crippen LogP contribution in [0, 0.1) is 0 Å². The molecule has 0 heterocycles. The molecular formula is C12H13BrO3. The predicted molar refractivity (Wildman–Crippen MR) is 64.2 cm³/mol. The Morgan fingerprint density at radius 1 is 1.44 bits per heavy atom. The SMILES string of the molecule is COC(=O)Cc1cc(Br)ccc1CCC=O. The molecule has 16 heavy (non-hydrogen) atoms. The summed E-state index contributed by atoms with van der Waals surface area (Å²) in [6, 6.07) is 5.71. The molecule has 0 saturated carbocycles. The zero-order valence-electron chi connectivity index (χ0n) is 9.03. The molecule has 0 aliphatic carbocycles. The predicted octanol–water partition coefficient (Wildman–Crippen LogP) is 2.30. The van der Waals surface area contributed by atoms with Crippen LogP contribution in [0.3, 0.4) is 0 Å². The second kappa shape index (κ2) is 6.43. The van der Waals surface area contributed by atoms with Gasteiger partial charge in [0.05, 0.1) is 13.5 Å². The first kappa shape index (κ1) is 12.9. The van der Waals surface area contributed by atoms with Gasteiger partial charge >= 0.3 is 5.97 Å². The third kappa shape index (κ3) is 3.77. The number of carbonyl (C=O) groups is 2. The molecule has 0 fully saturated rings. The van der Waals surface area contributed by atoms with Crippen molar-refractivity contribution in [1.82, 2.24) is 0 Å². The molecule has 1 rings (SSSR count). The number of ether oxygens (including phenoxy) is 1. The van der Waals surface area contributed by atoms with Gasteiger partial charge in [-0.15, -0.1) is 0 Å². The summed E-state index contributed by atoms with van der Waals surface area (Å²) >= 11 is 3.35. The van der Waals surface area contributed by atoms with Crippen LogP contribution < -0.4 is 0 Å². The molecule has 0 aliphatic heterocycles. The summed E-state index contributed by atoms with van der Waals surface area (Å²) in [7, 11) is 1.37. The number of esters is 1. The van der Waals surface area contributed by atoms with Crippen LogP contribution in [-0.4, -0.2) is 19.4 Å². The fourth-order valence-electron chi connectivity index (χ4n) is 1.45. The summed E-state index contributed by atoms with van der Waals surface area (Å²) in [5.41, 5.74) is 1.92. The maximum absolute atomic E-state index is 11.2. The first-order valence-corrected chi connectivity index (χ1v) is 5.74. The molecule has 4 heteroatoms. The molecule has 0 bridgehead atoms. The van der Waals surface area contributed by atoms with Gasteiger partial charge in [-0.1, -0.05) is 22.0 Å². The molecule has 0 radical (unpaired) electrons. The number of aldehydes is 1. The number of halogens is 1. The van der Waals surface area contributed by atoms with Crippen molar-refractivity contribution in [1.29, 1.82) is 0 Å². The van der Waals surface area contributed by atoms with Gasteiger partial charge in [-0.25, -0.2) is 0 Å². The average molecular weight is 285 g/mol. The minimum Gasteiger partial charge on any atom is -0.469 e. The second-order valence-corrected chi connectivity index (χ2v) is 4.29. The lowest BCUT2D eigenvalue weighted by Gasteiger charge is -2.08. The summed E-state index contributed by atoms with van der Waals surface area (Å²) in [4.78, 5) is 21.5. The average Bonchev–Trinajstić information content (AvgIpc) is 2.28. The van der Waals surface area contributed by atoms with E-state index in [1.165, 1.54) is 7.11 Å². The van der Waals surface area contributed by atoms with Crippen LogP contribution in [0.25, 0.3) is 0 Å². The van der Waals surface area contributed by atoms with Crippen LogP contribution >= 0.6 is 15.9 Å². The van der Waals surface area contributed by atoms with Crippen molar-refractivity contribution in [3.8, 4) is 0 Å². The maximum atomic E-state index is 11.2. The maximum Gasteiger partial charge on any atom is 0.309 e. The zero-order chi connectivity index (χ0) is 12.0. The fraction of sp³-hybridized carbons (Fsp3) is 0.333. The van der Waals surface area contributed by atoms with Crippen molar-refractivity contribution >= 4 is 28.2 Å². The Bertz CT molecular complexity index is 388. The lowest BCUT2D eigenvalue weighted by Crippen LogP contribution is -2.07. The lowest BCUT2D eigenvalue weighted by atomic mass is 10.0. The van der Waals surface area contributed by atoms with Crippen LogP contribution in [0.15, 0.2) is 22.7 Å². The summed E-state index contributed by atoms with van der Waals surface area (Å²) in [6.45, 7) is 0. The molecule has 1 aromatic rings. The summed E-state index contributed by atoms with van der Waals surface area (Å²) in [5, 5.41) is 0. The molecule has 0 atom stereocenters. The first-order valence-electron chi connectivity index (χ1n) is 4.95. The van der Waals surface area contributed by atoms with Crippen LogP contribution in [0.5, 0.6) is 0 Å². The zero-order valence-corrected chi connectivity index (χ0v) is 10.6. The number of hydrogen-bond acceptors (Lipinski definition) is 3. The van der Waals surface area contributed by atoms with Crippen molar-refractivity contribution in [2.45, 2.75) is 19.3 Å². The summed E-state index contributed by atoms with van der Waals surface area (Å²) in [6.07, 6.45) is 2.24. The van der Waals surface area contributed by atoms with Gasteiger partial charge in [-0.2, -0.15) is 0 Å². The van der Waals surface area contributed by atoms with E-state index in [0.29, 0.717) is 12.8 Å². The van der Waals surface area contributed by atoms with Gasteiger partial charge in [0.1, 0.15) is 6.29 Å². The highest BCUT2D eigenvalue weighted by atomic mass is 79.9. The quantitative estimate of drug-likeness (QED) is 0.616. The van der Waals surface area contributed by atoms with Crippen molar-refractivity contribution in [3.63, 3.8) is 0 Å². The number of aryl methyl sites for hydroxylation is 1. The van der Waals surface area contributed by atoms with E-state index >= 15 is 0 Å². The minimum atomic E-state index is -0.273. The summed E-state index contributed by atoms with van der Waals surface area (Å²) < 4.78 is 5.55. The molecule has 0 spiro atoms. The molecule has 1 aromatic carbocycles. The highest BCUT2D eigenvalue weighted by Gasteiger charge is 2.08. The van der Waals surface area contributed by atoms with Gasteiger partial charge in [-0.05, 0) is 29.7 Å². The van der Waals surface area contributed by atoms with Crippen LogP contribution in [-0.2, 0) is 27.2 Å². The largest absolute Gasteiger partial charge is 0.469 e. The molecule has 0 unspecified atom stereocenters. The third-order valence-corrected chi connectivity index (χ3v) is 2.76. The molecule has 0 amide bonds. The van der Waals surface area contributed by atoms with Crippen molar-refractivity contribution in [2.24, 2.45) is 0 Å². The van der Waals surface area contributed by atoms with E-state index in [2.05, 4.69) is 20.7 Å². The third-order valence-electron chi connectivity index (χ3n) is 2.26. The van der Waals surface area contributed by atoms with Crippen molar-refractivity contribution < 1.29 is 14.3 Å². The minimum absolute atomic E-state index is 0.240. The van der Waals surface area contributed by atoms with Gasteiger partial charge in [0.2, 0.25) is 0 Å². The molecule has 0 aliphatic rings. The summed E-state index contributed by atoms with van der Waals surface area (Å²) in [5.74, 6) is -0.273. The van der Waals surface area contributed by atoms with E-state index in [4.69, 9.17) is 0 Å². The van der Waals surface area contributed by atoms with Crippen LogP contribution in [0.4, 0.5) is 0 Å². The smallest absolute Gasteiger partial charge is 0.309 e. The van der Waals surface area contributed by atoms with Crippen molar-refractivity contribution in [2.75, 3.05) is 7.11 Å². The Morgan fingerprint density at radius 3 is 2.81 bits per heavy atom. The number of benzene rings is 1. The number of carbonyl (C=O) groups excluding carboxylic acids is 2. The molecule has 3 nitrogen and oxygen atoms in total. The van der Waals surface area contributed by atoms with E-state index in [0.717, 1.165) is 21.9 Å². The Kier molecular flexibility index (Phi) is 5.19. The number of hydrogen-bond donors (Lipinski definition) is 0. The fourth-order valence-corrected chi connectivity index (χ4v) is 1.85. The van der Waals surface area contributed by atoms with E-state index in [1.807, 2.05) is 18.2 Å². The Hall–Kier alpha value is -1.16. The molecule has 86 valence electrons. The van der Waals surface area contributed by atoms with E-state index < -0.39 is 0 Å². The molecular weight excluding hydrogens is 272 g/mol. The van der Waals surface area contributed by atoms with E-state index in [-0.39, 0.29) is 12.4 Å². The first-order chi connectivity index (χ1) is 7.67. The molecule has 0 N–H and O–H groups in total. The van der Waals surface area contributed by atoms with Gasteiger partial charge in [0.25, 0.3) is 0 Å². The van der Waals surface area contributed by atoms with Gasteiger partial charge in [0, 0.05) is 10.9 Å². The lowest BCUT2D eigenvalue weighted by molar-refractivity contribution is -0.139.